The minimum atomic E-state index is 0.145. The molecule has 33 heavy (non-hydrogen) atoms. The molecular weight excluding hydrogens is 416 g/mol. The van der Waals surface area contributed by atoms with Gasteiger partial charge in [-0.25, -0.2) is 0 Å². The molecule has 3 aliphatic rings. The van der Waals surface area contributed by atoms with E-state index in [1.807, 2.05) is 42.5 Å². The summed E-state index contributed by atoms with van der Waals surface area (Å²) in [6, 6.07) is 16.3. The Labute approximate surface area is 194 Å². The Balaban J connectivity index is 1.09. The van der Waals surface area contributed by atoms with Gasteiger partial charge in [-0.3, -0.25) is 14.6 Å². The summed E-state index contributed by atoms with van der Waals surface area (Å²) in [7, 11) is 0. The van der Waals surface area contributed by atoms with Crippen molar-refractivity contribution in [3.05, 3.63) is 53.6 Å². The molecule has 5 rings (SSSR count). The summed E-state index contributed by atoms with van der Waals surface area (Å²) in [4.78, 5) is 17.9. The van der Waals surface area contributed by atoms with Gasteiger partial charge in [0.25, 0.3) is 0 Å². The van der Waals surface area contributed by atoms with Crippen molar-refractivity contribution in [1.82, 2.24) is 9.80 Å². The van der Waals surface area contributed by atoms with E-state index < -0.39 is 0 Å². The van der Waals surface area contributed by atoms with E-state index in [4.69, 9.17) is 14.7 Å². The molecular formula is C26H30N4O3. The Morgan fingerprint density at radius 1 is 1.03 bits per heavy atom. The first-order valence-corrected chi connectivity index (χ1v) is 11.8. The van der Waals surface area contributed by atoms with E-state index in [9.17, 15) is 4.79 Å². The van der Waals surface area contributed by atoms with Crippen molar-refractivity contribution >= 4 is 11.5 Å². The molecule has 3 heterocycles. The van der Waals surface area contributed by atoms with Gasteiger partial charge in [0.05, 0.1) is 18.2 Å². The van der Waals surface area contributed by atoms with Crippen molar-refractivity contribution in [3.63, 3.8) is 0 Å². The van der Waals surface area contributed by atoms with Crippen LogP contribution in [-0.2, 0) is 0 Å². The number of carbonyl (C=O) groups is 1. The minimum absolute atomic E-state index is 0.145. The first-order valence-electron chi connectivity index (χ1n) is 11.8. The van der Waals surface area contributed by atoms with Crippen LogP contribution in [0.25, 0.3) is 0 Å². The fourth-order valence-corrected chi connectivity index (χ4v) is 5.24. The van der Waals surface area contributed by atoms with Crippen molar-refractivity contribution in [2.75, 3.05) is 51.3 Å². The number of carbonyl (C=O) groups excluding carboxylic acids is 1. The number of nitrogens with one attached hydrogen (secondary N) is 1. The van der Waals surface area contributed by atoms with Gasteiger partial charge < -0.3 is 14.8 Å². The zero-order chi connectivity index (χ0) is 22.6. The predicted octanol–water partition coefficient (Wildman–Crippen LogP) is 3.16. The van der Waals surface area contributed by atoms with Crippen LogP contribution in [0, 0.1) is 11.3 Å². The molecule has 1 N–H and O–H groups in total. The molecule has 2 aromatic carbocycles. The number of ketones is 1. The van der Waals surface area contributed by atoms with E-state index >= 15 is 0 Å². The highest BCUT2D eigenvalue weighted by Gasteiger charge is 2.39. The fraction of sp³-hybridized carbons (Fsp3) is 0.462. The summed E-state index contributed by atoms with van der Waals surface area (Å²) in [5, 5.41) is 12.4. The maximum atomic E-state index is 12.9. The van der Waals surface area contributed by atoms with Crippen LogP contribution in [0.15, 0.2) is 42.5 Å². The highest BCUT2D eigenvalue weighted by molar-refractivity contribution is 5.98. The number of benzene rings is 2. The normalized spacial score (nSPS) is 22.0. The average molecular weight is 447 g/mol. The van der Waals surface area contributed by atoms with E-state index in [-0.39, 0.29) is 5.78 Å². The van der Waals surface area contributed by atoms with Crippen LogP contribution in [0.5, 0.6) is 11.5 Å². The second kappa shape index (κ2) is 9.82. The fourth-order valence-electron chi connectivity index (χ4n) is 5.24. The second-order valence-corrected chi connectivity index (χ2v) is 9.07. The van der Waals surface area contributed by atoms with E-state index in [1.54, 1.807) is 0 Å². The lowest BCUT2D eigenvalue weighted by Gasteiger charge is -2.41. The molecule has 2 atom stereocenters. The zero-order valence-corrected chi connectivity index (χ0v) is 18.8. The number of ether oxygens (including phenoxy) is 2. The van der Waals surface area contributed by atoms with Crippen LogP contribution in [0.2, 0.25) is 0 Å². The Morgan fingerprint density at radius 3 is 2.48 bits per heavy atom. The van der Waals surface area contributed by atoms with Crippen LogP contribution in [0.1, 0.15) is 35.2 Å². The maximum Gasteiger partial charge on any atom is 0.176 e. The molecule has 2 fully saturated rings. The van der Waals surface area contributed by atoms with Crippen molar-refractivity contribution in [2.24, 2.45) is 0 Å². The number of rotatable bonds is 8. The Bertz CT molecular complexity index is 1020. The Morgan fingerprint density at radius 2 is 1.76 bits per heavy atom. The Kier molecular flexibility index (Phi) is 6.47. The third kappa shape index (κ3) is 4.97. The van der Waals surface area contributed by atoms with Gasteiger partial charge in [0, 0.05) is 49.5 Å². The lowest BCUT2D eigenvalue weighted by atomic mass is 10.1. The van der Waals surface area contributed by atoms with E-state index in [0.29, 0.717) is 48.7 Å². The van der Waals surface area contributed by atoms with Crippen LogP contribution >= 0.6 is 0 Å². The van der Waals surface area contributed by atoms with Crippen molar-refractivity contribution in [1.29, 1.82) is 5.26 Å². The van der Waals surface area contributed by atoms with Crippen LogP contribution in [0.3, 0.4) is 0 Å². The predicted molar refractivity (Wildman–Crippen MR) is 126 cm³/mol. The molecule has 7 nitrogen and oxygen atoms in total. The molecule has 0 aliphatic carbocycles. The molecule has 0 radical (unpaired) electrons. The molecule has 0 spiro atoms. The van der Waals surface area contributed by atoms with Gasteiger partial charge in [0.2, 0.25) is 0 Å². The summed E-state index contributed by atoms with van der Waals surface area (Å²) in [5.41, 5.74) is 2.43. The zero-order valence-electron chi connectivity index (χ0n) is 18.8. The molecule has 0 amide bonds. The molecule has 172 valence electrons. The number of hydrogen-bond acceptors (Lipinski definition) is 7. The van der Waals surface area contributed by atoms with Crippen molar-refractivity contribution in [2.45, 2.75) is 31.3 Å². The quantitative estimate of drug-likeness (QED) is 0.493. The standard InChI is InChI=1S/C26H30N4O3/c27-15-19-2-5-21(6-3-19)28-10-1-11-30-22-7-8-23(30)17-29(16-22)18-24(31)20-4-9-25-26(14-20)33-13-12-32-25/h2-6,9,14,22-23,28H,1,7-8,10-13,16-18H2. The lowest BCUT2D eigenvalue weighted by Crippen LogP contribution is -2.54. The van der Waals surface area contributed by atoms with Gasteiger partial charge in [-0.2, -0.15) is 5.26 Å². The molecule has 3 aliphatic heterocycles. The molecule has 7 heteroatoms. The number of fused-ring (bicyclic) bond motifs is 3. The van der Waals surface area contributed by atoms with Gasteiger partial charge >= 0.3 is 0 Å². The molecule has 2 unspecified atom stereocenters. The van der Waals surface area contributed by atoms with E-state index in [0.717, 1.165) is 44.0 Å². The number of nitrogens with zero attached hydrogens (tertiary/aromatic N) is 3. The number of Topliss-reactive ketones (excluding diaryl/α,β-unsaturated/α-hetero) is 1. The summed E-state index contributed by atoms with van der Waals surface area (Å²) < 4.78 is 11.2. The summed E-state index contributed by atoms with van der Waals surface area (Å²) in [6.07, 6.45) is 3.49. The number of piperazine rings is 1. The van der Waals surface area contributed by atoms with Gasteiger partial charge in [0.1, 0.15) is 13.2 Å². The molecule has 0 aromatic heterocycles. The summed E-state index contributed by atoms with van der Waals surface area (Å²) in [6.45, 7) is 5.43. The smallest absolute Gasteiger partial charge is 0.176 e. The highest BCUT2D eigenvalue weighted by atomic mass is 16.6. The largest absolute Gasteiger partial charge is 0.486 e. The number of hydrogen-bond donors (Lipinski definition) is 1. The third-order valence-corrected chi connectivity index (χ3v) is 6.88. The number of nitriles is 1. The number of anilines is 1. The van der Waals surface area contributed by atoms with Gasteiger partial charge in [-0.05, 0) is 61.7 Å². The third-order valence-electron chi connectivity index (χ3n) is 6.88. The van der Waals surface area contributed by atoms with Crippen LogP contribution in [0.4, 0.5) is 5.69 Å². The topological polar surface area (TPSA) is 77.8 Å². The maximum absolute atomic E-state index is 12.9. The first-order chi connectivity index (χ1) is 16.2. The van der Waals surface area contributed by atoms with Gasteiger partial charge in [-0.1, -0.05) is 0 Å². The minimum Gasteiger partial charge on any atom is -0.486 e. The summed E-state index contributed by atoms with van der Waals surface area (Å²) in [5.74, 6) is 1.54. The van der Waals surface area contributed by atoms with Gasteiger partial charge in [-0.15, -0.1) is 0 Å². The molecule has 0 saturated carbocycles. The Hall–Kier alpha value is -3.08. The molecule has 2 bridgehead atoms. The lowest BCUT2D eigenvalue weighted by molar-refractivity contribution is 0.0598. The highest BCUT2D eigenvalue weighted by Crippen LogP contribution is 2.32. The van der Waals surface area contributed by atoms with Crippen LogP contribution in [-0.4, -0.2) is 73.6 Å². The molecule has 2 aromatic rings. The first kappa shape index (κ1) is 21.7. The number of likely N-dealkylation sites (tertiary alicyclic amines) is 1. The molecule has 2 saturated heterocycles. The van der Waals surface area contributed by atoms with Crippen molar-refractivity contribution in [3.8, 4) is 17.6 Å². The van der Waals surface area contributed by atoms with E-state index in [1.165, 1.54) is 12.8 Å². The van der Waals surface area contributed by atoms with Crippen LogP contribution < -0.4 is 14.8 Å². The SMILES string of the molecule is N#Cc1ccc(NCCCN2C3CCC2CN(CC(=O)c2ccc4c(c2)OCCO4)C3)cc1. The monoisotopic (exact) mass is 446 g/mol. The van der Waals surface area contributed by atoms with E-state index in [2.05, 4.69) is 21.2 Å². The second-order valence-electron chi connectivity index (χ2n) is 9.07. The van der Waals surface area contributed by atoms with Gasteiger partial charge in [0.15, 0.2) is 17.3 Å². The van der Waals surface area contributed by atoms with Crippen molar-refractivity contribution < 1.29 is 14.3 Å². The summed E-state index contributed by atoms with van der Waals surface area (Å²) >= 11 is 0. The average Bonchev–Trinajstić information content (AvgIpc) is 3.09.